The molecule has 0 unspecified atom stereocenters. The number of rotatable bonds is 2. The average molecular weight is 269 g/mol. The van der Waals surface area contributed by atoms with Crippen LogP contribution in [0, 0.1) is 20.8 Å². The molecule has 0 saturated heterocycles. The van der Waals surface area contributed by atoms with Crippen LogP contribution >= 0.6 is 0 Å². The van der Waals surface area contributed by atoms with Gasteiger partial charge in [-0.3, -0.25) is 4.79 Å². The summed E-state index contributed by atoms with van der Waals surface area (Å²) in [5, 5.41) is 9.72. The van der Waals surface area contributed by atoms with E-state index in [-0.39, 0.29) is 11.7 Å². The van der Waals surface area contributed by atoms with E-state index >= 15 is 0 Å². The Kier molecular flexibility index (Phi) is 3.79. The molecule has 1 amide bonds. The maximum absolute atomic E-state index is 12.5. The number of benzene rings is 2. The molecule has 0 fully saturated rings. The van der Waals surface area contributed by atoms with Crippen molar-refractivity contribution in [3.8, 4) is 5.75 Å². The van der Waals surface area contributed by atoms with Crippen LogP contribution in [-0.2, 0) is 0 Å². The van der Waals surface area contributed by atoms with Gasteiger partial charge in [-0.25, -0.2) is 0 Å². The number of carbonyl (C=O) groups excluding carboxylic acids is 1. The van der Waals surface area contributed by atoms with Crippen LogP contribution in [0.3, 0.4) is 0 Å². The van der Waals surface area contributed by atoms with Gasteiger partial charge in [0.2, 0.25) is 0 Å². The Labute approximate surface area is 119 Å². The Bertz CT molecular complexity index is 662. The van der Waals surface area contributed by atoms with Crippen LogP contribution in [0.15, 0.2) is 36.4 Å². The number of aromatic hydroxyl groups is 1. The number of hydrogen-bond acceptors (Lipinski definition) is 2. The molecule has 3 heteroatoms. The van der Waals surface area contributed by atoms with Gasteiger partial charge in [-0.15, -0.1) is 0 Å². The predicted octanol–water partition coefficient (Wildman–Crippen LogP) is 3.59. The van der Waals surface area contributed by atoms with Crippen molar-refractivity contribution in [1.82, 2.24) is 0 Å². The molecule has 0 atom stereocenters. The van der Waals surface area contributed by atoms with Crippen LogP contribution in [-0.4, -0.2) is 18.1 Å². The maximum atomic E-state index is 12.5. The van der Waals surface area contributed by atoms with Crippen molar-refractivity contribution in [3.05, 3.63) is 58.7 Å². The lowest BCUT2D eigenvalue weighted by atomic mass is 10.1. The van der Waals surface area contributed by atoms with Crippen LogP contribution in [0.5, 0.6) is 5.75 Å². The van der Waals surface area contributed by atoms with E-state index in [1.54, 1.807) is 31.0 Å². The lowest BCUT2D eigenvalue weighted by Crippen LogP contribution is -2.26. The summed E-state index contributed by atoms with van der Waals surface area (Å²) in [6.07, 6.45) is 0. The lowest BCUT2D eigenvalue weighted by Gasteiger charge is -2.20. The molecule has 0 saturated carbocycles. The fraction of sp³-hybridized carbons (Fsp3) is 0.235. The predicted molar refractivity (Wildman–Crippen MR) is 81.5 cm³/mol. The van der Waals surface area contributed by atoms with Crippen molar-refractivity contribution in [2.24, 2.45) is 0 Å². The van der Waals surface area contributed by atoms with Gasteiger partial charge < -0.3 is 10.0 Å². The van der Waals surface area contributed by atoms with Gasteiger partial charge in [0.05, 0.1) is 0 Å². The number of amides is 1. The number of phenolic OH excluding ortho intramolecular Hbond substituents is 1. The number of anilines is 1. The van der Waals surface area contributed by atoms with E-state index in [2.05, 4.69) is 0 Å². The molecular formula is C17H19NO2. The van der Waals surface area contributed by atoms with E-state index in [4.69, 9.17) is 0 Å². The fourth-order valence-corrected chi connectivity index (χ4v) is 2.23. The molecule has 0 bridgehead atoms. The van der Waals surface area contributed by atoms with Crippen molar-refractivity contribution in [1.29, 1.82) is 0 Å². The Morgan fingerprint density at radius 3 is 2.30 bits per heavy atom. The molecule has 0 heterocycles. The van der Waals surface area contributed by atoms with Crippen LogP contribution in [0.4, 0.5) is 5.69 Å². The van der Waals surface area contributed by atoms with E-state index < -0.39 is 0 Å². The van der Waals surface area contributed by atoms with Gasteiger partial charge in [-0.1, -0.05) is 23.8 Å². The smallest absolute Gasteiger partial charge is 0.258 e. The Morgan fingerprint density at radius 2 is 1.70 bits per heavy atom. The summed E-state index contributed by atoms with van der Waals surface area (Å²) >= 11 is 0. The summed E-state index contributed by atoms with van der Waals surface area (Å²) in [5.41, 5.74) is 4.34. The van der Waals surface area contributed by atoms with Crippen molar-refractivity contribution >= 4 is 11.6 Å². The minimum atomic E-state index is -0.132. The topological polar surface area (TPSA) is 40.5 Å². The second kappa shape index (κ2) is 5.37. The number of carbonyl (C=O) groups is 1. The molecule has 2 aromatic rings. The monoisotopic (exact) mass is 269 g/mol. The standard InChI is InChI=1S/C17H19NO2/c1-11-5-8-15(13(3)9-11)18(4)17(20)14-7-6-12(2)16(19)10-14/h5-10,19H,1-4H3. The third-order valence-corrected chi connectivity index (χ3v) is 3.47. The molecule has 0 aliphatic heterocycles. The van der Waals surface area contributed by atoms with Gasteiger partial charge in [0.25, 0.3) is 5.91 Å². The highest BCUT2D eigenvalue weighted by atomic mass is 16.3. The molecule has 3 nitrogen and oxygen atoms in total. The van der Waals surface area contributed by atoms with E-state index in [1.807, 2.05) is 32.0 Å². The Balaban J connectivity index is 2.34. The number of hydrogen-bond donors (Lipinski definition) is 1. The lowest BCUT2D eigenvalue weighted by molar-refractivity contribution is 0.0992. The molecule has 104 valence electrons. The molecule has 0 aliphatic carbocycles. The van der Waals surface area contributed by atoms with Crippen LogP contribution in [0.2, 0.25) is 0 Å². The average Bonchev–Trinajstić information content (AvgIpc) is 2.40. The normalized spacial score (nSPS) is 10.4. The second-order valence-corrected chi connectivity index (χ2v) is 5.16. The van der Waals surface area contributed by atoms with Gasteiger partial charge >= 0.3 is 0 Å². The van der Waals surface area contributed by atoms with Gasteiger partial charge in [-0.2, -0.15) is 0 Å². The summed E-state index contributed by atoms with van der Waals surface area (Å²) in [5.74, 6) is 0.0112. The summed E-state index contributed by atoms with van der Waals surface area (Å²) in [6.45, 7) is 5.81. The van der Waals surface area contributed by atoms with Crippen LogP contribution in [0.25, 0.3) is 0 Å². The molecule has 0 aliphatic rings. The summed E-state index contributed by atoms with van der Waals surface area (Å²) in [4.78, 5) is 14.1. The zero-order valence-corrected chi connectivity index (χ0v) is 12.3. The fourth-order valence-electron chi connectivity index (χ4n) is 2.23. The first kappa shape index (κ1) is 14.1. The van der Waals surface area contributed by atoms with Crippen LogP contribution < -0.4 is 4.90 Å². The highest BCUT2D eigenvalue weighted by Crippen LogP contribution is 2.23. The SMILES string of the molecule is Cc1ccc(N(C)C(=O)c2ccc(C)c(O)c2)c(C)c1. The molecule has 1 N–H and O–H groups in total. The summed E-state index contributed by atoms with van der Waals surface area (Å²) in [6, 6.07) is 11.0. The van der Waals surface area contributed by atoms with Crippen LogP contribution in [0.1, 0.15) is 27.0 Å². The van der Waals surface area contributed by atoms with Gasteiger partial charge in [0.15, 0.2) is 0 Å². The first-order valence-electron chi connectivity index (χ1n) is 6.55. The summed E-state index contributed by atoms with van der Waals surface area (Å²) in [7, 11) is 1.75. The molecule has 0 radical (unpaired) electrons. The van der Waals surface area contributed by atoms with Crippen molar-refractivity contribution in [2.45, 2.75) is 20.8 Å². The maximum Gasteiger partial charge on any atom is 0.258 e. The molecule has 20 heavy (non-hydrogen) atoms. The Morgan fingerprint density at radius 1 is 1.00 bits per heavy atom. The number of phenols is 1. The molecular weight excluding hydrogens is 250 g/mol. The molecule has 2 aromatic carbocycles. The minimum Gasteiger partial charge on any atom is -0.508 e. The molecule has 0 aromatic heterocycles. The molecule has 0 spiro atoms. The third kappa shape index (κ3) is 2.67. The molecule has 2 rings (SSSR count). The quantitative estimate of drug-likeness (QED) is 0.905. The third-order valence-electron chi connectivity index (χ3n) is 3.47. The van der Waals surface area contributed by atoms with E-state index in [0.29, 0.717) is 5.56 Å². The minimum absolute atomic E-state index is 0.132. The van der Waals surface area contributed by atoms with Gasteiger partial charge in [-0.05, 0) is 50.1 Å². The zero-order valence-electron chi connectivity index (χ0n) is 12.3. The van der Waals surface area contributed by atoms with E-state index in [9.17, 15) is 9.90 Å². The second-order valence-electron chi connectivity index (χ2n) is 5.16. The van der Waals surface area contributed by atoms with E-state index in [0.717, 1.165) is 16.8 Å². The summed E-state index contributed by atoms with van der Waals surface area (Å²) < 4.78 is 0. The highest BCUT2D eigenvalue weighted by Gasteiger charge is 2.16. The van der Waals surface area contributed by atoms with Crippen molar-refractivity contribution < 1.29 is 9.90 Å². The largest absolute Gasteiger partial charge is 0.508 e. The first-order chi connectivity index (χ1) is 9.40. The van der Waals surface area contributed by atoms with E-state index in [1.165, 1.54) is 11.6 Å². The van der Waals surface area contributed by atoms with Crippen molar-refractivity contribution in [2.75, 3.05) is 11.9 Å². The first-order valence-corrected chi connectivity index (χ1v) is 6.55. The zero-order chi connectivity index (χ0) is 14.9. The number of nitrogens with zero attached hydrogens (tertiary/aromatic N) is 1. The Hall–Kier alpha value is -2.29. The van der Waals surface area contributed by atoms with Crippen molar-refractivity contribution in [3.63, 3.8) is 0 Å². The highest BCUT2D eigenvalue weighted by molar-refractivity contribution is 6.06. The van der Waals surface area contributed by atoms with Gasteiger partial charge in [0.1, 0.15) is 5.75 Å². The van der Waals surface area contributed by atoms with Gasteiger partial charge in [0, 0.05) is 18.3 Å². The number of aryl methyl sites for hydroxylation is 3.